The van der Waals surface area contributed by atoms with Crippen molar-refractivity contribution in [3.05, 3.63) is 28.3 Å². The quantitative estimate of drug-likeness (QED) is 0.383. The first-order chi connectivity index (χ1) is 11.6. The van der Waals surface area contributed by atoms with Gasteiger partial charge in [0.1, 0.15) is 5.52 Å². The number of rotatable bonds is 5. The van der Waals surface area contributed by atoms with Gasteiger partial charge in [-0.15, -0.1) is 0 Å². The summed E-state index contributed by atoms with van der Waals surface area (Å²) in [6.45, 7) is 0. The molecule has 128 valence electrons. The summed E-state index contributed by atoms with van der Waals surface area (Å²) in [6.07, 6.45) is 6.92. The van der Waals surface area contributed by atoms with Gasteiger partial charge in [0.2, 0.25) is 5.91 Å². The molecular formula is C16H19N3O4S. The number of carbonyl (C=O) groups is 1. The lowest BCUT2D eigenvalue weighted by Gasteiger charge is -2.15. The van der Waals surface area contributed by atoms with Gasteiger partial charge in [-0.25, -0.2) is 4.98 Å². The van der Waals surface area contributed by atoms with Crippen LogP contribution in [0.5, 0.6) is 0 Å². The van der Waals surface area contributed by atoms with Crippen molar-refractivity contribution in [3.8, 4) is 0 Å². The van der Waals surface area contributed by atoms with Gasteiger partial charge >= 0.3 is 0 Å². The van der Waals surface area contributed by atoms with Crippen LogP contribution in [0.4, 0.5) is 5.69 Å². The van der Waals surface area contributed by atoms with E-state index in [0.717, 1.165) is 12.8 Å². The number of amides is 1. The highest BCUT2D eigenvalue weighted by Crippen LogP contribution is 2.26. The molecule has 0 atom stereocenters. The average molecular weight is 349 g/mol. The summed E-state index contributed by atoms with van der Waals surface area (Å²) < 4.78 is 5.51. The third-order valence-corrected chi connectivity index (χ3v) is 4.94. The molecule has 1 N–H and O–H groups in total. The van der Waals surface area contributed by atoms with Crippen LogP contribution < -0.4 is 5.32 Å². The number of nitro groups is 1. The number of thioether (sulfide) groups is 1. The SMILES string of the molecule is O=C(CSc1nc2cc([N+](=O)[O-])ccc2o1)NC1CCCCCC1. The summed E-state index contributed by atoms with van der Waals surface area (Å²) in [4.78, 5) is 26.6. The summed E-state index contributed by atoms with van der Waals surface area (Å²) in [5, 5.41) is 14.2. The summed E-state index contributed by atoms with van der Waals surface area (Å²) in [7, 11) is 0. The molecule has 3 rings (SSSR count). The van der Waals surface area contributed by atoms with E-state index >= 15 is 0 Å². The maximum atomic E-state index is 12.1. The Morgan fingerprint density at radius 2 is 2.08 bits per heavy atom. The minimum atomic E-state index is -0.471. The van der Waals surface area contributed by atoms with Crippen molar-refractivity contribution in [2.45, 2.75) is 49.8 Å². The second kappa shape index (κ2) is 7.65. The van der Waals surface area contributed by atoms with Crippen LogP contribution in [-0.4, -0.2) is 27.6 Å². The molecule has 1 heterocycles. The average Bonchev–Trinajstić information content (AvgIpc) is 2.80. The van der Waals surface area contributed by atoms with Crippen molar-refractivity contribution >= 4 is 34.5 Å². The topological polar surface area (TPSA) is 98.3 Å². The van der Waals surface area contributed by atoms with Crippen LogP contribution in [0.1, 0.15) is 38.5 Å². The lowest BCUT2D eigenvalue weighted by atomic mass is 10.1. The molecule has 8 heteroatoms. The van der Waals surface area contributed by atoms with Crippen LogP contribution in [0.25, 0.3) is 11.1 Å². The van der Waals surface area contributed by atoms with Crippen LogP contribution in [-0.2, 0) is 4.79 Å². The first kappa shape index (κ1) is 16.8. The Hall–Kier alpha value is -2.09. The molecule has 1 aliphatic carbocycles. The van der Waals surface area contributed by atoms with E-state index in [1.165, 1.54) is 55.6 Å². The number of hydrogen-bond donors (Lipinski definition) is 1. The van der Waals surface area contributed by atoms with Crippen LogP contribution in [0.3, 0.4) is 0 Å². The van der Waals surface area contributed by atoms with Gasteiger partial charge in [0.25, 0.3) is 10.9 Å². The number of carbonyl (C=O) groups excluding carboxylic acids is 1. The lowest BCUT2D eigenvalue weighted by molar-refractivity contribution is -0.384. The zero-order chi connectivity index (χ0) is 16.9. The second-order valence-electron chi connectivity index (χ2n) is 5.93. The number of non-ortho nitro benzene ring substituents is 1. The van der Waals surface area contributed by atoms with E-state index in [1.54, 1.807) is 0 Å². The molecular weight excluding hydrogens is 330 g/mol. The largest absolute Gasteiger partial charge is 0.431 e. The Kier molecular flexibility index (Phi) is 5.34. The normalized spacial score (nSPS) is 16.0. The summed E-state index contributed by atoms with van der Waals surface area (Å²) in [6, 6.07) is 4.54. The van der Waals surface area contributed by atoms with Crippen LogP contribution >= 0.6 is 11.8 Å². The molecule has 2 aromatic rings. The van der Waals surface area contributed by atoms with E-state index in [-0.39, 0.29) is 23.4 Å². The third-order valence-electron chi connectivity index (χ3n) is 4.11. The smallest absolute Gasteiger partial charge is 0.271 e. The first-order valence-electron chi connectivity index (χ1n) is 8.09. The van der Waals surface area contributed by atoms with Crippen LogP contribution in [0.15, 0.2) is 27.8 Å². The van der Waals surface area contributed by atoms with E-state index in [1.807, 2.05) is 0 Å². The van der Waals surface area contributed by atoms with Crippen molar-refractivity contribution in [1.29, 1.82) is 0 Å². The molecule has 0 unspecified atom stereocenters. The van der Waals surface area contributed by atoms with Gasteiger partial charge in [-0.3, -0.25) is 14.9 Å². The van der Waals surface area contributed by atoms with Gasteiger partial charge in [0.15, 0.2) is 5.58 Å². The first-order valence-corrected chi connectivity index (χ1v) is 9.07. The van der Waals surface area contributed by atoms with Gasteiger partial charge in [-0.1, -0.05) is 37.4 Å². The highest BCUT2D eigenvalue weighted by Gasteiger charge is 2.16. The predicted octanol–water partition coefficient (Wildman–Crippen LogP) is 3.67. The molecule has 7 nitrogen and oxygen atoms in total. The van der Waals surface area contributed by atoms with E-state index in [9.17, 15) is 14.9 Å². The Balaban J connectivity index is 1.56. The van der Waals surface area contributed by atoms with E-state index in [2.05, 4.69) is 10.3 Å². The fourth-order valence-corrected chi connectivity index (χ4v) is 3.54. The second-order valence-corrected chi connectivity index (χ2v) is 6.86. The van der Waals surface area contributed by atoms with Crippen molar-refractivity contribution < 1.29 is 14.1 Å². The minimum absolute atomic E-state index is 0.0277. The molecule has 0 saturated heterocycles. The number of nitrogens with one attached hydrogen (secondary N) is 1. The lowest BCUT2D eigenvalue weighted by Crippen LogP contribution is -2.35. The molecule has 0 spiro atoms. The zero-order valence-electron chi connectivity index (χ0n) is 13.2. The number of aromatic nitrogens is 1. The molecule has 1 fully saturated rings. The highest BCUT2D eigenvalue weighted by atomic mass is 32.2. The van der Waals surface area contributed by atoms with Gasteiger partial charge in [-0.2, -0.15) is 0 Å². The molecule has 0 bridgehead atoms. The van der Waals surface area contributed by atoms with Gasteiger partial charge in [0, 0.05) is 18.2 Å². The number of oxazole rings is 1. The fraction of sp³-hybridized carbons (Fsp3) is 0.500. The molecule has 1 aliphatic rings. The Morgan fingerprint density at radius 1 is 1.33 bits per heavy atom. The molecule has 1 saturated carbocycles. The summed E-state index contributed by atoms with van der Waals surface area (Å²) in [5.41, 5.74) is 0.876. The van der Waals surface area contributed by atoms with Crippen molar-refractivity contribution in [2.75, 3.05) is 5.75 Å². The van der Waals surface area contributed by atoms with Crippen molar-refractivity contribution in [2.24, 2.45) is 0 Å². The molecule has 1 aromatic carbocycles. The summed E-state index contributed by atoms with van der Waals surface area (Å²) in [5.74, 6) is 0.200. The standard InChI is InChI=1S/C16H19N3O4S/c20-15(17-11-5-3-1-2-4-6-11)10-24-16-18-13-9-12(19(21)22)7-8-14(13)23-16/h7-9,11H,1-6,10H2,(H,17,20). The maximum Gasteiger partial charge on any atom is 0.271 e. The monoisotopic (exact) mass is 349 g/mol. The van der Waals surface area contributed by atoms with Gasteiger partial charge < -0.3 is 9.73 Å². The fourth-order valence-electron chi connectivity index (χ4n) is 2.89. The third kappa shape index (κ3) is 4.25. The Morgan fingerprint density at radius 3 is 2.79 bits per heavy atom. The van der Waals surface area contributed by atoms with Crippen LogP contribution in [0.2, 0.25) is 0 Å². The van der Waals surface area contributed by atoms with Crippen molar-refractivity contribution in [1.82, 2.24) is 10.3 Å². The number of benzene rings is 1. The maximum absolute atomic E-state index is 12.1. The zero-order valence-corrected chi connectivity index (χ0v) is 14.0. The van der Waals surface area contributed by atoms with Gasteiger partial charge in [0.05, 0.1) is 10.7 Å². The van der Waals surface area contributed by atoms with E-state index in [4.69, 9.17) is 4.42 Å². The number of nitro benzene ring substituents is 1. The van der Waals surface area contributed by atoms with Gasteiger partial charge in [-0.05, 0) is 18.9 Å². The molecule has 0 radical (unpaired) electrons. The number of hydrogen-bond acceptors (Lipinski definition) is 6. The predicted molar refractivity (Wildman–Crippen MR) is 91.0 cm³/mol. The van der Waals surface area contributed by atoms with E-state index < -0.39 is 4.92 Å². The van der Waals surface area contributed by atoms with Crippen LogP contribution in [0, 0.1) is 10.1 Å². The Bertz CT molecular complexity index is 738. The highest BCUT2D eigenvalue weighted by molar-refractivity contribution is 7.99. The molecule has 1 aromatic heterocycles. The number of fused-ring (bicyclic) bond motifs is 1. The molecule has 0 aliphatic heterocycles. The minimum Gasteiger partial charge on any atom is -0.431 e. The van der Waals surface area contributed by atoms with E-state index in [0.29, 0.717) is 16.3 Å². The Labute approximate surface area is 143 Å². The molecule has 1 amide bonds. The summed E-state index contributed by atoms with van der Waals surface area (Å²) >= 11 is 1.20. The number of nitrogens with zero attached hydrogens (tertiary/aromatic N) is 2. The van der Waals surface area contributed by atoms with Crippen molar-refractivity contribution in [3.63, 3.8) is 0 Å². The molecule has 24 heavy (non-hydrogen) atoms.